The van der Waals surface area contributed by atoms with Crippen molar-refractivity contribution in [1.29, 1.82) is 0 Å². The molecule has 3 N–H and O–H groups in total. The average Bonchev–Trinajstić information content (AvgIpc) is 3.77. The highest BCUT2D eigenvalue weighted by Gasteiger charge is 2.29. The molecule has 7 aromatic rings. The summed E-state index contributed by atoms with van der Waals surface area (Å²) in [5.41, 5.74) is 26.7. The summed E-state index contributed by atoms with van der Waals surface area (Å²) in [6.07, 6.45) is 0.981. The molecule has 0 amide bonds. The molecular formula is C48H39N3. The van der Waals surface area contributed by atoms with E-state index >= 15 is 0 Å². The van der Waals surface area contributed by atoms with Gasteiger partial charge in [-0.2, -0.15) is 0 Å². The third kappa shape index (κ3) is 5.71. The number of nitrogens with zero attached hydrogens (tertiary/aromatic N) is 1. The van der Waals surface area contributed by atoms with Crippen molar-refractivity contribution in [1.82, 2.24) is 5.32 Å². The Labute approximate surface area is 300 Å². The summed E-state index contributed by atoms with van der Waals surface area (Å²) < 4.78 is 0. The second-order valence-electron chi connectivity index (χ2n) is 13.7. The minimum absolute atomic E-state index is 0.405. The fraction of sp³-hybridized carbons (Fsp3) is 0.104. The minimum atomic E-state index is -0.420. The van der Waals surface area contributed by atoms with Crippen molar-refractivity contribution in [3.8, 4) is 44.5 Å². The minimum Gasteiger partial charge on any atom is -0.312 e. The fourth-order valence-corrected chi connectivity index (χ4v) is 8.16. The maximum absolute atomic E-state index is 6.98. The second-order valence-corrected chi connectivity index (χ2v) is 13.7. The molecule has 0 saturated heterocycles. The van der Waals surface area contributed by atoms with Crippen molar-refractivity contribution in [2.75, 3.05) is 0 Å². The van der Waals surface area contributed by atoms with Crippen LogP contribution in [0.15, 0.2) is 169 Å². The molecule has 0 aliphatic heterocycles. The van der Waals surface area contributed by atoms with Gasteiger partial charge in [0.25, 0.3) is 0 Å². The zero-order valence-corrected chi connectivity index (χ0v) is 28.7. The number of rotatable bonds is 8. The lowest BCUT2D eigenvalue weighted by Crippen LogP contribution is -2.32. The molecule has 0 aromatic heterocycles. The lowest BCUT2D eigenvalue weighted by Gasteiger charge is -2.25. The maximum atomic E-state index is 6.98. The van der Waals surface area contributed by atoms with E-state index in [0.29, 0.717) is 0 Å². The van der Waals surface area contributed by atoms with Crippen LogP contribution in [-0.2, 0) is 12.8 Å². The van der Waals surface area contributed by atoms with Gasteiger partial charge in [-0.25, -0.2) is 0 Å². The van der Waals surface area contributed by atoms with Crippen LogP contribution >= 0.6 is 0 Å². The molecular weight excluding hydrogens is 619 g/mol. The van der Waals surface area contributed by atoms with Gasteiger partial charge in [-0.15, -0.1) is 0 Å². The van der Waals surface area contributed by atoms with Crippen LogP contribution in [0.5, 0.6) is 0 Å². The Morgan fingerprint density at radius 3 is 1.88 bits per heavy atom. The van der Waals surface area contributed by atoms with Gasteiger partial charge in [0.15, 0.2) is 0 Å². The molecule has 3 nitrogen and oxygen atoms in total. The van der Waals surface area contributed by atoms with Crippen LogP contribution in [0.1, 0.15) is 58.2 Å². The lowest BCUT2D eigenvalue weighted by atomic mass is 9.90. The molecule has 0 radical (unpaired) electrons. The van der Waals surface area contributed by atoms with Gasteiger partial charge in [-0.3, -0.25) is 10.3 Å². The summed E-state index contributed by atoms with van der Waals surface area (Å²) >= 11 is 0. The standard InChI is InChI=1S/C48H39N3/c1-31(43-30-38(32-15-5-2-6-16-32)29-39-27-35-21-11-12-24-41(35)44(39)43)50-48(51-47(49)34-19-9-4-10-20-34)42-26-14-23-37-28-36-22-13-25-40(45(36)46(37)42)33-17-7-3-8-18-33/h2-26,29-30,47-48,51H,27-28,49H2,1H3. The van der Waals surface area contributed by atoms with Gasteiger partial charge in [-0.1, -0.05) is 158 Å². The zero-order valence-electron chi connectivity index (χ0n) is 28.7. The number of fused-ring (bicyclic) bond motifs is 6. The first-order chi connectivity index (χ1) is 25.1. The summed E-state index contributed by atoms with van der Waals surface area (Å²) in [5, 5.41) is 3.79. The molecule has 3 heteroatoms. The number of hydrogen-bond acceptors (Lipinski definition) is 3. The number of aliphatic imine (C=N–C) groups is 1. The van der Waals surface area contributed by atoms with E-state index in [2.05, 4.69) is 158 Å². The van der Waals surface area contributed by atoms with Gasteiger partial charge < -0.3 is 5.73 Å². The van der Waals surface area contributed by atoms with E-state index in [1.54, 1.807) is 0 Å². The number of nitrogens with two attached hydrogens (primary N) is 1. The molecule has 0 spiro atoms. The van der Waals surface area contributed by atoms with Crippen molar-refractivity contribution in [2.45, 2.75) is 32.1 Å². The number of nitrogens with one attached hydrogen (secondary N) is 1. The quantitative estimate of drug-likeness (QED) is 0.126. The van der Waals surface area contributed by atoms with E-state index in [1.165, 1.54) is 66.8 Å². The molecule has 0 bridgehead atoms. The Morgan fingerprint density at radius 1 is 0.529 bits per heavy atom. The summed E-state index contributed by atoms with van der Waals surface area (Å²) in [6, 6.07) is 58.6. The van der Waals surface area contributed by atoms with E-state index in [0.717, 1.165) is 35.2 Å². The van der Waals surface area contributed by atoms with Crippen LogP contribution in [0.3, 0.4) is 0 Å². The molecule has 7 aromatic carbocycles. The smallest absolute Gasteiger partial charge is 0.127 e. The molecule has 2 unspecified atom stereocenters. The number of benzene rings is 7. The highest BCUT2D eigenvalue weighted by atomic mass is 15.1. The van der Waals surface area contributed by atoms with E-state index in [9.17, 15) is 0 Å². The summed E-state index contributed by atoms with van der Waals surface area (Å²) in [5.74, 6) is 0. The third-order valence-corrected chi connectivity index (χ3v) is 10.5. The molecule has 0 fully saturated rings. The monoisotopic (exact) mass is 657 g/mol. The van der Waals surface area contributed by atoms with Crippen LogP contribution < -0.4 is 11.1 Å². The SMILES string of the molecule is CC(=NC(NC(N)c1ccccc1)c1cccc2c1-c1c(cccc1-c1ccccc1)C2)c1cc(-c2ccccc2)cc2c1-c1ccccc1C2. The Morgan fingerprint density at radius 2 is 1.12 bits per heavy atom. The first kappa shape index (κ1) is 31.1. The third-order valence-electron chi connectivity index (χ3n) is 10.5. The first-order valence-corrected chi connectivity index (χ1v) is 17.8. The molecule has 2 aliphatic rings. The zero-order chi connectivity index (χ0) is 34.3. The van der Waals surface area contributed by atoms with Gasteiger partial charge in [0.05, 0.1) is 6.17 Å². The Balaban J connectivity index is 1.23. The fourth-order valence-electron chi connectivity index (χ4n) is 8.16. The maximum Gasteiger partial charge on any atom is 0.127 e. The van der Waals surface area contributed by atoms with Crippen molar-refractivity contribution < 1.29 is 0 Å². The molecule has 0 heterocycles. The molecule has 2 atom stereocenters. The van der Waals surface area contributed by atoms with Gasteiger partial charge >= 0.3 is 0 Å². The van der Waals surface area contributed by atoms with Crippen LogP contribution in [-0.4, -0.2) is 5.71 Å². The van der Waals surface area contributed by atoms with Crippen molar-refractivity contribution in [3.05, 3.63) is 203 Å². The van der Waals surface area contributed by atoms with E-state index in [-0.39, 0.29) is 0 Å². The second kappa shape index (κ2) is 13.1. The normalized spacial score (nSPS) is 14.0. The van der Waals surface area contributed by atoms with Gasteiger partial charge in [0.1, 0.15) is 6.17 Å². The Kier molecular flexibility index (Phi) is 8.00. The molecule has 9 rings (SSSR count). The lowest BCUT2D eigenvalue weighted by molar-refractivity contribution is 0.466. The highest BCUT2D eigenvalue weighted by Crippen LogP contribution is 2.47. The summed E-state index contributed by atoms with van der Waals surface area (Å²) in [7, 11) is 0. The Hall–Kier alpha value is -5.87. The largest absolute Gasteiger partial charge is 0.312 e. The van der Waals surface area contributed by atoms with E-state index in [4.69, 9.17) is 10.7 Å². The average molecular weight is 658 g/mol. The number of hydrogen-bond donors (Lipinski definition) is 2. The Bertz CT molecular complexity index is 2410. The molecule has 51 heavy (non-hydrogen) atoms. The van der Waals surface area contributed by atoms with Crippen molar-refractivity contribution in [3.63, 3.8) is 0 Å². The van der Waals surface area contributed by atoms with Crippen LogP contribution in [0.4, 0.5) is 0 Å². The predicted octanol–water partition coefficient (Wildman–Crippen LogP) is 10.9. The van der Waals surface area contributed by atoms with E-state index < -0.39 is 12.3 Å². The van der Waals surface area contributed by atoms with Crippen LogP contribution in [0, 0.1) is 0 Å². The molecule has 2 aliphatic carbocycles. The highest BCUT2D eigenvalue weighted by molar-refractivity contribution is 6.07. The molecule has 246 valence electrons. The van der Waals surface area contributed by atoms with Crippen LogP contribution in [0.2, 0.25) is 0 Å². The molecule has 0 saturated carbocycles. The first-order valence-electron chi connectivity index (χ1n) is 17.8. The summed E-state index contributed by atoms with van der Waals surface area (Å²) in [6.45, 7) is 2.17. The van der Waals surface area contributed by atoms with Gasteiger partial charge in [-0.05, 0) is 104 Å². The predicted molar refractivity (Wildman–Crippen MR) is 212 cm³/mol. The van der Waals surface area contributed by atoms with Crippen molar-refractivity contribution >= 4 is 5.71 Å². The van der Waals surface area contributed by atoms with E-state index in [1.807, 2.05) is 18.2 Å². The topological polar surface area (TPSA) is 50.4 Å². The van der Waals surface area contributed by atoms with Gasteiger partial charge in [0.2, 0.25) is 0 Å². The van der Waals surface area contributed by atoms with Crippen LogP contribution in [0.25, 0.3) is 44.5 Å². The summed E-state index contributed by atoms with van der Waals surface area (Å²) in [4.78, 5) is 5.65. The van der Waals surface area contributed by atoms with Crippen molar-refractivity contribution in [2.24, 2.45) is 10.7 Å². The van der Waals surface area contributed by atoms with Gasteiger partial charge in [0, 0.05) is 11.3 Å².